The summed E-state index contributed by atoms with van der Waals surface area (Å²) < 4.78 is 67.9. The number of benzene rings is 1. The average molecular weight is 352 g/mol. The molecule has 9 heteroatoms. The van der Waals surface area contributed by atoms with Gasteiger partial charge in [-0.2, -0.15) is 4.31 Å². The maximum atomic E-state index is 12.7. The van der Waals surface area contributed by atoms with Gasteiger partial charge in [0.2, 0.25) is 10.0 Å². The Morgan fingerprint density at radius 2 is 2.00 bits per heavy atom. The Kier molecular flexibility index (Phi) is 5.22. The molecular formula is C14H19F3N2O3S. The Morgan fingerprint density at radius 3 is 2.61 bits per heavy atom. The van der Waals surface area contributed by atoms with E-state index < -0.39 is 27.0 Å². The maximum absolute atomic E-state index is 12.7. The molecule has 1 aliphatic heterocycles. The van der Waals surface area contributed by atoms with E-state index in [1.165, 1.54) is 16.4 Å². The molecule has 1 fully saturated rings. The van der Waals surface area contributed by atoms with Crippen LogP contribution in [0.25, 0.3) is 0 Å². The summed E-state index contributed by atoms with van der Waals surface area (Å²) in [6.45, 7) is 2.24. The molecular weight excluding hydrogens is 333 g/mol. The first-order valence-electron chi connectivity index (χ1n) is 7.22. The van der Waals surface area contributed by atoms with Gasteiger partial charge in [0.05, 0.1) is 0 Å². The SMILES string of the molecule is C[C@@H](N)[C@@H]1CCCN(S(=O)(=O)c2ccccc2OC(F)(F)F)C1. The number of hydrogen-bond acceptors (Lipinski definition) is 4. The molecule has 0 radical (unpaired) electrons. The molecule has 1 aromatic carbocycles. The van der Waals surface area contributed by atoms with Crippen molar-refractivity contribution in [1.82, 2.24) is 4.31 Å². The Balaban J connectivity index is 2.33. The minimum Gasteiger partial charge on any atom is -0.404 e. The molecule has 0 saturated carbocycles. The van der Waals surface area contributed by atoms with Crippen LogP contribution < -0.4 is 10.5 Å². The van der Waals surface area contributed by atoms with Crippen LogP contribution in [0, 0.1) is 5.92 Å². The summed E-state index contributed by atoms with van der Waals surface area (Å²) in [4.78, 5) is -0.484. The van der Waals surface area contributed by atoms with E-state index in [0.29, 0.717) is 6.42 Å². The lowest BCUT2D eigenvalue weighted by Gasteiger charge is -2.34. The topological polar surface area (TPSA) is 72.6 Å². The van der Waals surface area contributed by atoms with Crippen molar-refractivity contribution in [3.05, 3.63) is 24.3 Å². The van der Waals surface area contributed by atoms with Gasteiger partial charge < -0.3 is 10.5 Å². The Bertz CT molecular complexity index is 647. The summed E-state index contributed by atoms with van der Waals surface area (Å²) in [5.74, 6) is -0.739. The van der Waals surface area contributed by atoms with Gasteiger partial charge in [0, 0.05) is 19.1 Å². The first kappa shape index (κ1) is 18.0. The molecule has 1 heterocycles. The summed E-state index contributed by atoms with van der Waals surface area (Å²) in [6, 6.07) is 4.58. The number of ether oxygens (including phenoxy) is 1. The number of alkyl halides is 3. The fourth-order valence-corrected chi connectivity index (χ4v) is 4.28. The lowest BCUT2D eigenvalue weighted by molar-refractivity contribution is -0.275. The van der Waals surface area contributed by atoms with Crippen LogP contribution >= 0.6 is 0 Å². The standard InChI is InChI=1S/C14H19F3N2O3S/c1-10(18)11-5-4-8-19(9-11)23(20,21)13-7-3-2-6-12(13)22-14(15,16)17/h2-3,6-7,10-11H,4-5,8-9,18H2,1H3/t10-,11-/m1/s1. The molecule has 23 heavy (non-hydrogen) atoms. The van der Waals surface area contributed by atoms with Crippen LogP contribution in [0.15, 0.2) is 29.2 Å². The number of halogens is 3. The number of para-hydroxylation sites is 1. The summed E-state index contributed by atoms with van der Waals surface area (Å²) in [6.07, 6.45) is -3.54. The van der Waals surface area contributed by atoms with Gasteiger partial charge in [0.25, 0.3) is 0 Å². The van der Waals surface area contributed by atoms with Gasteiger partial charge in [-0.1, -0.05) is 12.1 Å². The van der Waals surface area contributed by atoms with Gasteiger partial charge in [-0.05, 0) is 37.8 Å². The third kappa shape index (κ3) is 4.36. The van der Waals surface area contributed by atoms with Crippen LogP contribution in [0.5, 0.6) is 5.75 Å². The van der Waals surface area contributed by atoms with Crippen molar-refractivity contribution in [3.63, 3.8) is 0 Å². The predicted octanol–water partition coefficient (Wildman–Crippen LogP) is 2.33. The van der Waals surface area contributed by atoms with Crippen molar-refractivity contribution < 1.29 is 26.3 Å². The minimum absolute atomic E-state index is 0.0192. The first-order chi connectivity index (χ1) is 10.6. The maximum Gasteiger partial charge on any atom is 0.573 e. The zero-order valence-electron chi connectivity index (χ0n) is 12.6. The zero-order valence-corrected chi connectivity index (χ0v) is 13.4. The molecule has 1 aromatic rings. The largest absolute Gasteiger partial charge is 0.573 e. The lowest BCUT2D eigenvalue weighted by atomic mass is 9.93. The van der Waals surface area contributed by atoms with Crippen LogP contribution in [0.4, 0.5) is 13.2 Å². The molecule has 5 nitrogen and oxygen atoms in total. The van der Waals surface area contributed by atoms with Crippen molar-refractivity contribution in [2.24, 2.45) is 11.7 Å². The molecule has 130 valence electrons. The fourth-order valence-electron chi connectivity index (χ4n) is 2.63. The highest BCUT2D eigenvalue weighted by Crippen LogP contribution is 2.33. The van der Waals surface area contributed by atoms with Gasteiger partial charge in [0.1, 0.15) is 10.6 Å². The van der Waals surface area contributed by atoms with E-state index in [4.69, 9.17) is 5.73 Å². The third-order valence-electron chi connectivity index (χ3n) is 3.86. The third-order valence-corrected chi connectivity index (χ3v) is 5.76. The smallest absolute Gasteiger partial charge is 0.404 e. The Hall–Kier alpha value is -1.32. The molecule has 0 amide bonds. The monoisotopic (exact) mass is 352 g/mol. The van der Waals surface area contributed by atoms with Crippen molar-refractivity contribution >= 4 is 10.0 Å². The number of sulfonamides is 1. The fraction of sp³-hybridized carbons (Fsp3) is 0.571. The van der Waals surface area contributed by atoms with Crippen molar-refractivity contribution in [2.45, 2.75) is 37.1 Å². The van der Waals surface area contributed by atoms with Gasteiger partial charge in [-0.3, -0.25) is 0 Å². The first-order valence-corrected chi connectivity index (χ1v) is 8.66. The van der Waals surface area contributed by atoms with Gasteiger partial charge in [0.15, 0.2) is 0 Å². The van der Waals surface area contributed by atoms with E-state index in [1.54, 1.807) is 6.92 Å². The minimum atomic E-state index is -4.96. The molecule has 0 bridgehead atoms. The summed E-state index contributed by atoms with van der Waals surface area (Å²) in [7, 11) is -4.08. The average Bonchev–Trinajstić information content (AvgIpc) is 2.46. The van der Waals surface area contributed by atoms with Crippen LogP contribution in [0.2, 0.25) is 0 Å². The van der Waals surface area contributed by atoms with Crippen molar-refractivity contribution in [3.8, 4) is 5.75 Å². The number of hydrogen-bond donors (Lipinski definition) is 1. The quantitative estimate of drug-likeness (QED) is 0.903. The molecule has 0 unspecified atom stereocenters. The van der Waals surface area contributed by atoms with Crippen LogP contribution in [0.1, 0.15) is 19.8 Å². The van der Waals surface area contributed by atoms with E-state index in [0.717, 1.165) is 18.6 Å². The molecule has 2 atom stereocenters. The van der Waals surface area contributed by atoms with Gasteiger partial charge in [-0.25, -0.2) is 8.42 Å². The lowest BCUT2D eigenvalue weighted by Crippen LogP contribution is -2.45. The highest BCUT2D eigenvalue weighted by molar-refractivity contribution is 7.89. The van der Waals surface area contributed by atoms with E-state index >= 15 is 0 Å². The van der Waals surface area contributed by atoms with E-state index in [9.17, 15) is 21.6 Å². The molecule has 0 aliphatic carbocycles. The highest BCUT2D eigenvalue weighted by atomic mass is 32.2. The number of nitrogens with zero attached hydrogens (tertiary/aromatic N) is 1. The number of piperidine rings is 1. The Morgan fingerprint density at radius 1 is 1.35 bits per heavy atom. The Labute approximate surface area is 133 Å². The summed E-state index contributed by atoms with van der Waals surface area (Å²) in [5.41, 5.74) is 5.83. The molecule has 0 spiro atoms. The van der Waals surface area contributed by atoms with Crippen LogP contribution in [0.3, 0.4) is 0 Å². The molecule has 1 aliphatic rings. The predicted molar refractivity (Wildman–Crippen MR) is 78.3 cm³/mol. The molecule has 1 saturated heterocycles. The van der Waals surface area contributed by atoms with E-state index in [2.05, 4.69) is 4.74 Å². The summed E-state index contributed by atoms with van der Waals surface area (Å²) >= 11 is 0. The second-order valence-corrected chi connectivity index (χ2v) is 7.53. The zero-order chi connectivity index (χ0) is 17.3. The second kappa shape index (κ2) is 6.66. The van der Waals surface area contributed by atoms with E-state index in [1.807, 2.05) is 0 Å². The molecule has 2 N–H and O–H groups in total. The van der Waals surface area contributed by atoms with Crippen LogP contribution in [-0.2, 0) is 10.0 Å². The molecule has 0 aromatic heterocycles. The van der Waals surface area contributed by atoms with Crippen molar-refractivity contribution in [2.75, 3.05) is 13.1 Å². The summed E-state index contributed by atoms with van der Waals surface area (Å²) in [5, 5.41) is 0. The number of nitrogens with two attached hydrogens (primary N) is 1. The van der Waals surface area contributed by atoms with Gasteiger partial charge in [-0.15, -0.1) is 13.2 Å². The van der Waals surface area contributed by atoms with Crippen molar-refractivity contribution in [1.29, 1.82) is 0 Å². The highest BCUT2D eigenvalue weighted by Gasteiger charge is 2.37. The normalized spacial score (nSPS) is 21.9. The number of rotatable bonds is 4. The molecule has 2 rings (SSSR count). The van der Waals surface area contributed by atoms with E-state index in [-0.39, 0.29) is 25.0 Å². The van der Waals surface area contributed by atoms with Crippen LogP contribution in [-0.4, -0.2) is 38.2 Å². The van der Waals surface area contributed by atoms with Gasteiger partial charge >= 0.3 is 6.36 Å². The second-order valence-electron chi connectivity index (χ2n) is 5.62.